The standard InChI is InChI=1S/C26H55NO/c1-3-5-7-9-11-13-15-17-19-21-23-25-26(27,28)24-22-20-18-16-14-12-10-8-6-4-2/h28H,3-25,27H2,1-2H3. The molecule has 1 atom stereocenters. The summed E-state index contributed by atoms with van der Waals surface area (Å²) in [6.45, 7) is 4.55. The van der Waals surface area contributed by atoms with E-state index in [0.717, 1.165) is 25.7 Å². The van der Waals surface area contributed by atoms with Crippen LogP contribution in [0.4, 0.5) is 0 Å². The molecule has 0 fully saturated rings. The van der Waals surface area contributed by atoms with Gasteiger partial charge in [-0.15, -0.1) is 0 Å². The SMILES string of the molecule is CCCCCCCCCCCCCC(N)(O)CCCCCCCCCCCC. The Bertz CT molecular complexity index is 290. The summed E-state index contributed by atoms with van der Waals surface area (Å²) < 4.78 is 0. The predicted molar refractivity (Wildman–Crippen MR) is 127 cm³/mol. The Morgan fingerprint density at radius 1 is 0.429 bits per heavy atom. The van der Waals surface area contributed by atoms with E-state index in [1.54, 1.807) is 0 Å². The highest BCUT2D eigenvalue weighted by Crippen LogP contribution is 2.19. The van der Waals surface area contributed by atoms with Crippen LogP contribution >= 0.6 is 0 Å². The van der Waals surface area contributed by atoms with E-state index in [2.05, 4.69) is 13.8 Å². The van der Waals surface area contributed by atoms with Crippen LogP contribution in [0.2, 0.25) is 0 Å². The Morgan fingerprint density at radius 3 is 0.893 bits per heavy atom. The van der Waals surface area contributed by atoms with Crippen LogP contribution in [0, 0.1) is 0 Å². The normalized spacial score (nSPS) is 13.7. The first-order chi connectivity index (χ1) is 13.6. The highest BCUT2D eigenvalue weighted by atomic mass is 16.3. The number of aliphatic hydroxyl groups is 1. The van der Waals surface area contributed by atoms with Gasteiger partial charge >= 0.3 is 0 Å². The van der Waals surface area contributed by atoms with Gasteiger partial charge in [0.25, 0.3) is 0 Å². The molecule has 0 heterocycles. The largest absolute Gasteiger partial charge is 0.376 e. The van der Waals surface area contributed by atoms with Crippen molar-refractivity contribution >= 4 is 0 Å². The van der Waals surface area contributed by atoms with Gasteiger partial charge in [-0.05, 0) is 25.7 Å². The Kier molecular flexibility index (Phi) is 21.6. The van der Waals surface area contributed by atoms with Crippen LogP contribution in [0.3, 0.4) is 0 Å². The first kappa shape index (κ1) is 27.9. The second-order valence-corrected chi connectivity index (χ2v) is 9.32. The van der Waals surface area contributed by atoms with Crippen molar-refractivity contribution in [3.8, 4) is 0 Å². The summed E-state index contributed by atoms with van der Waals surface area (Å²) in [6, 6.07) is 0. The van der Waals surface area contributed by atoms with E-state index < -0.39 is 5.72 Å². The van der Waals surface area contributed by atoms with Gasteiger partial charge in [-0.1, -0.05) is 136 Å². The van der Waals surface area contributed by atoms with E-state index in [-0.39, 0.29) is 0 Å². The van der Waals surface area contributed by atoms with Crippen LogP contribution in [0.15, 0.2) is 0 Å². The van der Waals surface area contributed by atoms with Crippen molar-refractivity contribution in [2.45, 2.75) is 167 Å². The molecule has 0 radical (unpaired) electrons. The number of hydrogen-bond donors (Lipinski definition) is 2. The van der Waals surface area contributed by atoms with Gasteiger partial charge in [0, 0.05) is 0 Å². The van der Waals surface area contributed by atoms with Gasteiger partial charge in [0.2, 0.25) is 0 Å². The molecule has 0 rings (SSSR count). The maximum Gasteiger partial charge on any atom is 0.113 e. The van der Waals surface area contributed by atoms with Gasteiger partial charge in [-0.2, -0.15) is 0 Å². The maximum atomic E-state index is 10.4. The molecule has 0 aromatic rings. The summed E-state index contributed by atoms with van der Waals surface area (Å²) in [5.41, 5.74) is 5.18. The van der Waals surface area contributed by atoms with E-state index in [4.69, 9.17) is 5.73 Å². The van der Waals surface area contributed by atoms with Gasteiger partial charge in [-0.3, -0.25) is 0 Å². The minimum Gasteiger partial charge on any atom is -0.376 e. The van der Waals surface area contributed by atoms with Crippen LogP contribution in [-0.4, -0.2) is 10.8 Å². The third-order valence-corrected chi connectivity index (χ3v) is 6.18. The Hall–Kier alpha value is -0.0800. The molecule has 0 aliphatic heterocycles. The molecule has 0 spiro atoms. The third kappa shape index (κ3) is 22.2. The molecule has 1 unspecified atom stereocenters. The van der Waals surface area contributed by atoms with E-state index in [1.165, 1.54) is 122 Å². The fourth-order valence-electron chi connectivity index (χ4n) is 4.14. The summed E-state index contributed by atoms with van der Waals surface area (Å²) >= 11 is 0. The Balaban J connectivity index is 3.30. The van der Waals surface area contributed by atoms with Crippen molar-refractivity contribution in [1.29, 1.82) is 0 Å². The molecule has 3 N–H and O–H groups in total. The molecule has 0 aliphatic carbocycles. The monoisotopic (exact) mass is 397 g/mol. The van der Waals surface area contributed by atoms with Gasteiger partial charge in [-0.25, -0.2) is 0 Å². The van der Waals surface area contributed by atoms with Crippen molar-refractivity contribution in [2.24, 2.45) is 5.73 Å². The van der Waals surface area contributed by atoms with Crippen molar-refractivity contribution in [2.75, 3.05) is 0 Å². The summed E-state index contributed by atoms with van der Waals surface area (Å²) in [5, 5.41) is 10.4. The highest BCUT2D eigenvalue weighted by Gasteiger charge is 2.19. The second kappa shape index (κ2) is 21.6. The lowest BCUT2D eigenvalue weighted by Crippen LogP contribution is -2.39. The predicted octanol–water partition coefficient (Wildman–Crippen LogP) is 8.65. The van der Waals surface area contributed by atoms with Gasteiger partial charge in [0.05, 0.1) is 0 Å². The van der Waals surface area contributed by atoms with Crippen molar-refractivity contribution in [3.05, 3.63) is 0 Å². The molecular formula is C26H55NO. The van der Waals surface area contributed by atoms with Crippen LogP contribution in [0.1, 0.15) is 162 Å². The zero-order chi connectivity index (χ0) is 20.8. The van der Waals surface area contributed by atoms with Crippen LogP contribution in [0.5, 0.6) is 0 Å². The number of nitrogens with two attached hydrogens (primary N) is 1. The number of hydrogen-bond acceptors (Lipinski definition) is 2. The average Bonchev–Trinajstić information content (AvgIpc) is 2.67. The molecule has 28 heavy (non-hydrogen) atoms. The quantitative estimate of drug-likeness (QED) is 0.134. The fourth-order valence-corrected chi connectivity index (χ4v) is 4.14. The Morgan fingerprint density at radius 2 is 0.643 bits per heavy atom. The first-order valence-electron chi connectivity index (χ1n) is 13.1. The van der Waals surface area contributed by atoms with Gasteiger partial charge < -0.3 is 10.8 Å². The average molecular weight is 398 g/mol. The van der Waals surface area contributed by atoms with Crippen molar-refractivity contribution < 1.29 is 5.11 Å². The minimum atomic E-state index is -0.917. The molecule has 2 nitrogen and oxygen atoms in total. The maximum absolute atomic E-state index is 10.4. The lowest BCUT2D eigenvalue weighted by atomic mass is 9.97. The molecule has 2 heteroatoms. The fraction of sp³-hybridized carbons (Fsp3) is 1.00. The van der Waals surface area contributed by atoms with Gasteiger partial charge in [0.15, 0.2) is 0 Å². The van der Waals surface area contributed by atoms with E-state index >= 15 is 0 Å². The smallest absolute Gasteiger partial charge is 0.113 e. The summed E-state index contributed by atoms with van der Waals surface area (Å²) in [7, 11) is 0. The molecule has 0 aromatic carbocycles. The van der Waals surface area contributed by atoms with E-state index in [0.29, 0.717) is 0 Å². The zero-order valence-electron chi connectivity index (χ0n) is 19.8. The summed E-state index contributed by atoms with van der Waals surface area (Å²) in [6.07, 6.45) is 29.7. The number of rotatable bonds is 23. The van der Waals surface area contributed by atoms with E-state index in [9.17, 15) is 5.11 Å². The first-order valence-corrected chi connectivity index (χ1v) is 13.1. The molecule has 0 bridgehead atoms. The second-order valence-electron chi connectivity index (χ2n) is 9.32. The van der Waals surface area contributed by atoms with Crippen LogP contribution in [-0.2, 0) is 0 Å². The van der Waals surface area contributed by atoms with Crippen LogP contribution < -0.4 is 5.73 Å². The third-order valence-electron chi connectivity index (χ3n) is 6.18. The van der Waals surface area contributed by atoms with Crippen molar-refractivity contribution in [3.63, 3.8) is 0 Å². The Labute approximate surface area is 178 Å². The molecular weight excluding hydrogens is 342 g/mol. The number of unbranched alkanes of at least 4 members (excludes halogenated alkanes) is 19. The zero-order valence-corrected chi connectivity index (χ0v) is 19.8. The molecule has 0 saturated heterocycles. The molecule has 0 amide bonds. The summed E-state index contributed by atoms with van der Waals surface area (Å²) in [4.78, 5) is 0. The lowest BCUT2D eigenvalue weighted by molar-refractivity contribution is 0.0240. The van der Waals surface area contributed by atoms with Crippen LogP contribution in [0.25, 0.3) is 0 Å². The molecule has 170 valence electrons. The minimum absolute atomic E-state index is 0.779. The molecule has 0 aromatic heterocycles. The highest BCUT2D eigenvalue weighted by molar-refractivity contribution is 4.70. The van der Waals surface area contributed by atoms with Crippen molar-refractivity contribution in [1.82, 2.24) is 0 Å². The van der Waals surface area contributed by atoms with E-state index in [1.807, 2.05) is 0 Å². The van der Waals surface area contributed by atoms with Gasteiger partial charge in [0.1, 0.15) is 5.72 Å². The topological polar surface area (TPSA) is 46.2 Å². The molecule has 0 saturated carbocycles. The molecule has 0 aliphatic rings. The summed E-state index contributed by atoms with van der Waals surface area (Å²) in [5.74, 6) is 0. The lowest BCUT2D eigenvalue weighted by Gasteiger charge is -2.23.